The number of carboxylic acid groups (broad SMARTS) is 1. The van der Waals surface area contributed by atoms with Gasteiger partial charge in [0, 0.05) is 45.0 Å². The van der Waals surface area contributed by atoms with Gasteiger partial charge in [0.25, 0.3) is 0 Å². The molecule has 0 radical (unpaired) electrons. The summed E-state index contributed by atoms with van der Waals surface area (Å²) in [5.41, 5.74) is 3.20. The van der Waals surface area contributed by atoms with Crippen LogP contribution in [0.3, 0.4) is 0 Å². The lowest BCUT2D eigenvalue weighted by atomic mass is 10.1. The molecule has 25 heavy (non-hydrogen) atoms. The predicted octanol–water partition coefficient (Wildman–Crippen LogP) is 4.46. The molecule has 1 aliphatic carbocycles. The standard InChI is InChI=1S/C18H15BrN4O2/c1-9-4-5-20-17(21-9)13-7-12(13)16-8-14(19)11-3-2-10(22-18(24)25)6-15(11)23-16/h2-6,8,12-13,22H,7H2,1H3,(H,24,25)/t12-,13-/m0/s1. The SMILES string of the molecule is Cc1ccnc([C@H]2C[C@@H]2c2cc(Br)c3ccc(NC(=O)O)cc3n2)n1. The summed E-state index contributed by atoms with van der Waals surface area (Å²) in [5.74, 6) is 1.44. The maximum atomic E-state index is 10.8. The van der Waals surface area contributed by atoms with Crippen molar-refractivity contribution < 1.29 is 9.90 Å². The highest BCUT2D eigenvalue weighted by molar-refractivity contribution is 9.10. The number of aromatic nitrogens is 3. The molecule has 4 rings (SSSR count). The summed E-state index contributed by atoms with van der Waals surface area (Å²) in [6, 6.07) is 9.26. The molecule has 6 nitrogen and oxygen atoms in total. The third-order valence-corrected chi connectivity index (χ3v) is 5.00. The number of hydrogen-bond donors (Lipinski definition) is 2. The maximum Gasteiger partial charge on any atom is 0.409 e. The minimum absolute atomic E-state index is 0.289. The largest absolute Gasteiger partial charge is 0.465 e. The summed E-state index contributed by atoms with van der Waals surface area (Å²) >= 11 is 3.60. The quantitative estimate of drug-likeness (QED) is 0.679. The van der Waals surface area contributed by atoms with Gasteiger partial charge in [-0.15, -0.1) is 0 Å². The first-order valence-electron chi connectivity index (χ1n) is 7.91. The lowest BCUT2D eigenvalue weighted by molar-refractivity contribution is 0.210. The minimum atomic E-state index is -1.09. The van der Waals surface area contributed by atoms with E-state index < -0.39 is 6.09 Å². The summed E-state index contributed by atoms with van der Waals surface area (Å²) in [5, 5.41) is 12.2. The van der Waals surface area contributed by atoms with Crippen molar-refractivity contribution in [2.24, 2.45) is 0 Å². The molecule has 7 heteroatoms. The first kappa shape index (κ1) is 16.0. The molecular weight excluding hydrogens is 384 g/mol. The summed E-state index contributed by atoms with van der Waals surface area (Å²) in [7, 11) is 0. The number of hydrogen-bond acceptors (Lipinski definition) is 4. The van der Waals surface area contributed by atoms with Crippen LogP contribution in [-0.2, 0) is 0 Å². The summed E-state index contributed by atoms with van der Waals surface area (Å²) in [6.45, 7) is 1.96. The molecule has 1 saturated carbocycles. The second kappa shape index (κ2) is 6.07. The highest BCUT2D eigenvalue weighted by Crippen LogP contribution is 2.53. The van der Waals surface area contributed by atoms with Crippen molar-refractivity contribution in [3.63, 3.8) is 0 Å². The first-order valence-corrected chi connectivity index (χ1v) is 8.70. The zero-order chi connectivity index (χ0) is 17.6. The van der Waals surface area contributed by atoms with E-state index in [2.05, 4.69) is 31.2 Å². The minimum Gasteiger partial charge on any atom is -0.465 e. The zero-order valence-electron chi connectivity index (χ0n) is 13.4. The van der Waals surface area contributed by atoms with Gasteiger partial charge in [0.05, 0.1) is 5.52 Å². The fourth-order valence-electron chi connectivity index (χ4n) is 3.05. The van der Waals surface area contributed by atoms with Crippen LogP contribution in [0.25, 0.3) is 10.9 Å². The fourth-order valence-corrected chi connectivity index (χ4v) is 3.62. The van der Waals surface area contributed by atoms with Gasteiger partial charge in [-0.2, -0.15) is 0 Å². The Morgan fingerprint density at radius 3 is 2.84 bits per heavy atom. The van der Waals surface area contributed by atoms with E-state index in [1.165, 1.54) is 0 Å². The first-order chi connectivity index (χ1) is 12.0. The Labute approximate surface area is 152 Å². The van der Waals surface area contributed by atoms with Crippen molar-refractivity contribution in [1.82, 2.24) is 15.0 Å². The van der Waals surface area contributed by atoms with Crippen LogP contribution in [0, 0.1) is 6.92 Å². The van der Waals surface area contributed by atoms with Gasteiger partial charge in [0.1, 0.15) is 5.82 Å². The Balaban J connectivity index is 1.67. The smallest absolute Gasteiger partial charge is 0.409 e. The number of aryl methyl sites for hydroxylation is 1. The van der Waals surface area contributed by atoms with Crippen molar-refractivity contribution in [3.05, 3.63) is 58.2 Å². The third kappa shape index (κ3) is 3.19. The molecule has 0 bridgehead atoms. The Morgan fingerprint density at radius 2 is 2.08 bits per heavy atom. The normalized spacial score (nSPS) is 19.0. The number of benzene rings is 1. The Bertz CT molecular complexity index is 992. The van der Waals surface area contributed by atoms with E-state index in [4.69, 9.17) is 10.1 Å². The number of nitrogens with zero attached hydrogens (tertiary/aromatic N) is 3. The number of amides is 1. The second-order valence-corrected chi connectivity index (χ2v) is 7.05. The molecule has 1 aromatic carbocycles. The maximum absolute atomic E-state index is 10.8. The zero-order valence-corrected chi connectivity index (χ0v) is 15.0. The van der Waals surface area contributed by atoms with Gasteiger partial charge < -0.3 is 5.11 Å². The summed E-state index contributed by atoms with van der Waals surface area (Å²) in [6.07, 6.45) is 1.68. The van der Waals surface area contributed by atoms with Crippen LogP contribution in [-0.4, -0.2) is 26.2 Å². The van der Waals surface area contributed by atoms with Gasteiger partial charge in [0.15, 0.2) is 0 Å². The molecule has 2 heterocycles. The monoisotopic (exact) mass is 398 g/mol. The molecule has 1 amide bonds. The number of nitrogens with one attached hydrogen (secondary N) is 1. The average Bonchev–Trinajstić information content (AvgIpc) is 3.34. The Morgan fingerprint density at radius 1 is 1.24 bits per heavy atom. The topological polar surface area (TPSA) is 88.0 Å². The van der Waals surface area contributed by atoms with Gasteiger partial charge in [0.2, 0.25) is 0 Å². The highest BCUT2D eigenvalue weighted by atomic mass is 79.9. The van der Waals surface area contributed by atoms with E-state index in [1.54, 1.807) is 18.3 Å². The van der Waals surface area contributed by atoms with Crippen molar-refractivity contribution in [1.29, 1.82) is 0 Å². The van der Waals surface area contributed by atoms with Crippen LogP contribution in [0.2, 0.25) is 0 Å². The molecule has 0 unspecified atom stereocenters. The van der Waals surface area contributed by atoms with Gasteiger partial charge in [-0.1, -0.05) is 15.9 Å². The molecule has 2 N–H and O–H groups in total. The fraction of sp³-hybridized carbons (Fsp3) is 0.222. The van der Waals surface area contributed by atoms with Gasteiger partial charge in [-0.3, -0.25) is 10.3 Å². The van der Waals surface area contributed by atoms with E-state index in [9.17, 15) is 4.79 Å². The predicted molar refractivity (Wildman–Crippen MR) is 98.0 cm³/mol. The van der Waals surface area contributed by atoms with E-state index >= 15 is 0 Å². The molecule has 0 saturated heterocycles. The molecule has 126 valence electrons. The van der Waals surface area contributed by atoms with Crippen LogP contribution in [0.5, 0.6) is 0 Å². The van der Waals surface area contributed by atoms with Crippen LogP contribution in [0.1, 0.15) is 35.5 Å². The number of pyridine rings is 1. The molecule has 0 aliphatic heterocycles. The lowest BCUT2D eigenvalue weighted by Gasteiger charge is -2.08. The Hall–Kier alpha value is -2.54. The van der Waals surface area contributed by atoms with Crippen LogP contribution >= 0.6 is 15.9 Å². The van der Waals surface area contributed by atoms with E-state index in [0.717, 1.165) is 39.0 Å². The molecule has 1 fully saturated rings. The Kier molecular flexibility index (Phi) is 3.88. The number of anilines is 1. The van der Waals surface area contributed by atoms with E-state index in [1.807, 2.05) is 25.1 Å². The van der Waals surface area contributed by atoms with Crippen molar-refractivity contribution in [2.45, 2.75) is 25.2 Å². The molecule has 0 spiro atoms. The van der Waals surface area contributed by atoms with Crippen molar-refractivity contribution in [2.75, 3.05) is 5.32 Å². The number of carbonyl (C=O) groups is 1. The van der Waals surface area contributed by atoms with Crippen molar-refractivity contribution in [3.8, 4) is 0 Å². The number of halogens is 1. The molecule has 3 aromatic rings. The molecule has 1 aliphatic rings. The summed E-state index contributed by atoms with van der Waals surface area (Å²) < 4.78 is 0.949. The van der Waals surface area contributed by atoms with Crippen LogP contribution in [0.4, 0.5) is 10.5 Å². The van der Waals surface area contributed by atoms with Crippen LogP contribution < -0.4 is 5.32 Å². The van der Waals surface area contributed by atoms with E-state index in [0.29, 0.717) is 11.6 Å². The van der Waals surface area contributed by atoms with Gasteiger partial charge in [-0.25, -0.2) is 14.8 Å². The highest BCUT2D eigenvalue weighted by Gasteiger charge is 2.43. The second-order valence-electron chi connectivity index (χ2n) is 6.20. The number of fused-ring (bicyclic) bond motifs is 1. The molecule has 2 atom stereocenters. The van der Waals surface area contributed by atoms with Gasteiger partial charge in [-0.05, 0) is 43.7 Å². The van der Waals surface area contributed by atoms with Gasteiger partial charge >= 0.3 is 6.09 Å². The number of rotatable bonds is 3. The molecule has 2 aromatic heterocycles. The summed E-state index contributed by atoms with van der Waals surface area (Å²) in [4.78, 5) is 24.5. The third-order valence-electron chi connectivity index (χ3n) is 4.35. The molecular formula is C18H15BrN4O2. The average molecular weight is 399 g/mol. The van der Waals surface area contributed by atoms with Crippen molar-refractivity contribution >= 4 is 38.6 Å². The van der Waals surface area contributed by atoms with E-state index in [-0.39, 0.29) is 5.92 Å². The lowest BCUT2D eigenvalue weighted by Crippen LogP contribution is -2.07. The van der Waals surface area contributed by atoms with Crippen LogP contribution in [0.15, 0.2) is 41.0 Å².